The molecule has 0 bridgehead atoms. The second-order valence-corrected chi connectivity index (χ2v) is 8.97. The fourth-order valence-electron chi connectivity index (χ4n) is 4.60. The van der Waals surface area contributed by atoms with Crippen LogP contribution in [0, 0.1) is 20.2 Å². The van der Waals surface area contributed by atoms with Gasteiger partial charge in [-0.3, -0.25) is 25.2 Å². The van der Waals surface area contributed by atoms with Crippen molar-refractivity contribution in [3.8, 4) is 5.75 Å². The van der Waals surface area contributed by atoms with Crippen molar-refractivity contribution in [2.24, 2.45) is 5.10 Å². The SMILES string of the molecule is CN(C)c1ccc([C@H]2CC(c3ccc4ccccc4c3O)=NN2c2ccc([N+](=O)[O-])cc2[N+](=O)[O-])cc1. The summed E-state index contributed by atoms with van der Waals surface area (Å²) in [6, 6.07) is 22.0. The number of anilines is 2. The zero-order chi connectivity index (χ0) is 26.3. The number of hydrogen-bond donors (Lipinski definition) is 1. The molecule has 0 fully saturated rings. The van der Waals surface area contributed by atoms with E-state index < -0.39 is 21.6 Å². The molecule has 4 aromatic rings. The van der Waals surface area contributed by atoms with Crippen LogP contribution in [0.4, 0.5) is 22.7 Å². The molecule has 37 heavy (non-hydrogen) atoms. The first-order valence-corrected chi connectivity index (χ1v) is 11.5. The second kappa shape index (κ2) is 9.23. The number of fused-ring (bicyclic) bond motifs is 1. The number of phenolic OH excluding ortho intramolecular Hbond substituents is 1. The van der Waals surface area contributed by atoms with Crippen molar-refractivity contribution in [3.63, 3.8) is 0 Å². The van der Waals surface area contributed by atoms with Crippen LogP contribution in [0.15, 0.2) is 84.0 Å². The lowest BCUT2D eigenvalue weighted by molar-refractivity contribution is -0.393. The van der Waals surface area contributed by atoms with Crippen molar-refractivity contribution in [2.45, 2.75) is 12.5 Å². The highest BCUT2D eigenvalue weighted by Crippen LogP contribution is 2.43. The lowest BCUT2D eigenvalue weighted by atomic mass is 9.95. The van der Waals surface area contributed by atoms with Crippen molar-refractivity contribution in [1.29, 1.82) is 0 Å². The van der Waals surface area contributed by atoms with Crippen LogP contribution in [0.3, 0.4) is 0 Å². The third-order valence-electron chi connectivity index (χ3n) is 6.53. The Bertz CT molecular complexity index is 1570. The number of nitro groups is 2. The van der Waals surface area contributed by atoms with Gasteiger partial charge in [-0.1, -0.05) is 42.5 Å². The lowest BCUT2D eigenvalue weighted by Gasteiger charge is -2.24. The van der Waals surface area contributed by atoms with E-state index in [4.69, 9.17) is 5.10 Å². The molecular weight excluding hydrogens is 474 g/mol. The van der Waals surface area contributed by atoms with Crippen molar-refractivity contribution in [3.05, 3.63) is 110 Å². The molecule has 0 saturated heterocycles. The van der Waals surface area contributed by atoms with Crippen molar-refractivity contribution >= 4 is 39.2 Å². The normalized spacial score (nSPS) is 15.0. The average molecular weight is 498 g/mol. The lowest BCUT2D eigenvalue weighted by Crippen LogP contribution is -2.20. The number of nitrogens with zero attached hydrogens (tertiary/aromatic N) is 5. The van der Waals surface area contributed by atoms with Gasteiger partial charge in [-0.05, 0) is 35.2 Å². The molecule has 1 atom stereocenters. The first kappa shape index (κ1) is 23.7. The maximum Gasteiger partial charge on any atom is 0.301 e. The Morgan fingerprint density at radius 1 is 0.946 bits per heavy atom. The Balaban J connectivity index is 1.66. The minimum absolute atomic E-state index is 0.0820. The Labute approximate surface area is 212 Å². The summed E-state index contributed by atoms with van der Waals surface area (Å²) in [7, 11) is 3.86. The molecule has 0 radical (unpaired) electrons. The minimum atomic E-state index is -0.667. The van der Waals surface area contributed by atoms with Crippen LogP contribution in [-0.2, 0) is 0 Å². The molecule has 1 aliphatic rings. The number of rotatable bonds is 6. The summed E-state index contributed by atoms with van der Waals surface area (Å²) in [4.78, 5) is 23.9. The maximum atomic E-state index is 11.9. The smallest absolute Gasteiger partial charge is 0.301 e. The molecule has 0 amide bonds. The van der Waals surface area contributed by atoms with E-state index in [1.807, 2.05) is 73.6 Å². The third kappa shape index (κ3) is 4.29. The van der Waals surface area contributed by atoms with E-state index in [0.29, 0.717) is 23.1 Å². The molecular formula is C27H23N5O5. The van der Waals surface area contributed by atoms with Gasteiger partial charge in [0.05, 0.1) is 27.7 Å². The van der Waals surface area contributed by atoms with Crippen molar-refractivity contribution < 1.29 is 15.0 Å². The molecule has 186 valence electrons. The molecule has 0 saturated carbocycles. The molecule has 10 heteroatoms. The minimum Gasteiger partial charge on any atom is -0.507 e. The van der Waals surface area contributed by atoms with Crippen LogP contribution in [0.2, 0.25) is 0 Å². The van der Waals surface area contributed by atoms with E-state index in [1.165, 1.54) is 17.1 Å². The van der Waals surface area contributed by atoms with Crippen molar-refractivity contribution in [2.75, 3.05) is 24.0 Å². The monoisotopic (exact) mass is 497 g/mol. The second-order valence-electron chi connectivity index (χ2n) is 8.97. The van der Waals surface area contributed by atoms with Gasteiger partial charge in [-0.25, -0.2) is 0 Å². The standard InChI is InChI=1S/C27H23N5O5/c1-29(2)19-10-7-18(8-11-19)25-16-23(22-13-9-17-5-3-4-6-21(17)27(22)33)28-30(25)24-14-12-20(31(34)35)15-26(24)32(36)37/h3-15,25,33H,16H2,1-2H3/t25-/m1/s1. The molecule has 4 aromatic carbocycles. The van der Waals surface area contributed by atoms with Crippen LogP contribution in [0.25, 0.3) is 10.8 Å². The predicted octanol–water partition coefficient (Wildman–Crippen LogP) is 5.78. The summed E-state index contributed by atoms with van der Waals surface area (Å²) >= 11 is 0. The van der Waals surface area contributed by atoms with Gasteiger partial charge in [0.2, 0.25) is 0 Å². The van der Waals surface area contributed by atoms with Gasteiger partial charge in [-0.2, -0.15) is 5.10 Å². The Morgan fingerprint density at radius 3 is 2.35 bits per heavy atom. The summed E-state index contributed by atoms with van der Waals surface area (Å²) in [6.45, 7) is 0. The highest BCUT2D eigenvalue weighted by molar-refractivity contribution is 6.09. The van der Waals surface area contributed by atoms with Gasteiger partial charge in [-0.15, -0.1) is 0 Å². The zero-order valence-corrected chi connectivity index (χ0v) is 20.1. The number of aromatic hydroxyl groups is 1. The number of phenols is 1. The molecule has 0 spiro atoms. The highest BCUT2D eigenvalue weighted by Gasteiger charge is 2.35. The van der Waals surface area contributed by atoms with Gasteiger partial charge in [0.25, 0.3) is 5.69 Å². The number of hydrazone groups is 1. The molecule has 1 heterocycles. The summed E-state index contributed by atoms with van der Waals surface area (Å²) < 4.78 is 0. The Morgan fingerprint density at radius 2 is 1.68 bits per heavy atom. The van der Waals surface area contributed by atoms with Gasteiger partial charge < -0.3 is 10.0 Å². The number of non-ortho nitro benzene ring substituents is 1. The molecule has 10 nitrogen and oxygen atoms in total. The fraction of sp³-hybridized carbons (Fsp3) is 0.148. The zero-order valence-electron chi connectivity index (χ0n) is 20.1. The molecule has 0 aliphatic carbocycles. The maximum absolute atomic E-state index is 11.9. The van der Waals surface area contributed by atoms with Crippen LogP contribution >= 0.6 is 0 Å². The van der Waals surface area contributed by atoms with E-state index in [2.05, 4.69) is 0 Å². The van der Waals surface area contributed by atoms with Gasteiger partial charge in [0.15, 0.2) is 0 Å². The molecule has 0 aromatic heterocycles. The van der Waals surface area contributed by atoms with E-state index in [0.717, 1.165) is 22.7 Å². The highest BCUT2D eigenvalue weighted by atomic mass is 16.6. The van der Waals surface area contributed by atoms with E-state index in [-0.39, 0.29) is 17.1 Å². The van der Waals surface area contributed by atoms with Crippen molar-refractivity contribution in [1.82, 2.24) is 0 Å². The first-order chi connectivity index (χ1) is 17.7. The van der Waals surface area contributed by atoms with E-state index in [1.54, 1.807) is 6.07 Å². The van der Waals surface area contributed by atoms with E-state index in [9.17, 15) is 25.3 Å². The van der Waals surface area contributed by atoms with Gasteiger partial charge in [0.1, 0.15) is 11.4 Å². The number of hydrogen-bond acceptors (Lipinski definition) is 8. The van der Waals surface area contributed by atoms with Crippen LogP contribution in [0.1, 0.15) is 23.6 Å². The van der Waals surface area contributed by atoms with Crippen LogP contribution in [-0.4, -0.2) is 34.8 Å². The van der Waals surface area contributed by atoms with Gasteiger partial charge >= 0.3 is 5.69 Å². The largest absolute Gasteiger partial charge is 0.507 e. The summed E-state index contributed by atoms with van der Waals surface area (Å²) in [6.07, 6.45) is 0.362. The molecule has 0 unspecified atom stereocenters. The first-order valence-electron chi connectivity index (χ1n) is 11.5. The molecule has 1 aliphatic heterocycles. The number of benzene rings is 4. The molecule has 5 rings (SSSR count). The predicted molar refractivity (Wildman–Crippen MR) is 143 cm³/mol. The summed E-state index contributed by atoms with van der Waals surface area (Å²) in [5.41, 5.74) is 2.26. The summed E-state index contributed by atoms with van der Waals surface area (Å²) in [5.74, 6) is 0.0820. The van der Waals surface area contributed by atoms with Gasteiger partial charge in [0, 0.05) is 43.2 Å². The third-order valence-corrected chi connectivity index (χ3v) is 6.53. The quantitative estimate of drug-likeness (QED) is 0.264. The summed E-state index contributed by atoms with van der Waals surface area (Å²) in [5, 5.41) is 42.1. The Hall–Kier alpha value is -4.99. The Kier molecular flexibility index (Phi) is 5.92. The van der Waals surface area contributed by atoms with Crippen LogP contribution < -0.4 is 9.91 Å². The van der Waals surface area contributed by atoms with Crippen LogP contribution in [0.5, 0.6) is 5.75 Å². The van der Waals surface area contributed by atoms with E-state index >= 15 is 0 Å². The molecule has 1 N–H and O–H groups in total. The average Bonchev–Trinajstić information content (AvgIpc) is 3.33. The fourth-order valence-corrected chi connectivity index (χ4v) is 4.60. The topological polar surface area (TPSA) is 125 Å². The number of nitro benzene ring substituents is 2.